The lowest BCUT2D eigenvalue weighted by Crippen LogP contribution is -2.42. The predicted octanol–water partition coefficient (Wildman–Crippen LogP) is 0.915. The van der Waals surface area contributed by atoms with Crippen LogP contribution >= 0.6 is 0 Å². The Hall–Kier alpha value is -2.15. The molecule has 2 N–H and O–H groups in total. The van der Waals surface area contributed by atoms with Gasteiger partial charge in [0.05, 0.1) is 25.1 Å². The molecule has 7 heteroatoms. The van der Waals surface area contributed by atoms with Gasteiger partial charge in [-0.15, -0.1) is 0 Å². The van der Waals surface area contributed by atoms with E-state index in [2.05, 4.69) is 20.5 Å². The van der Waals surface area contributed by atoms with Gasteiger partial charge in [-0.3, -0.25) is 9.59 Å². The number of aromatic nitrogens is 1. The summed E-state index contributed by atoms with van der Waals surface area (Å²) in [5, 5.41) is 5.54. The van der Waals surface area contributed by atoms with E-state index < -0.39 is 6.04 Å². The molecule has 1 unspecified atom stereocenters. The standard InChI is InChI=1S/C16H22N4O3/c21-15-4-2-1-3-13(18-15)16(22)19-14-6-5-12(11-17-14)20-7-9-23-10-8-20/h5-6,11,13H,1-4,7-10H2,(H,18,21)(H,17,19,22). The minimum Gasteiger partial charge on any atom is -0.378 e. The normalized spacial score (nSPS) is 22.2. The second-order valence-electron chi connectivity index (χ2n) is 5.86. The lowest BCUT2D eigenvalue weighted by molar-refractivity contribution is -0.126. The van der Waals surface area contributed by atoms with Crippen LogP contribution in [0.15, 0.2) is 18.3 Å². The molecule has 23 heavy (non-hydrogen) atoms. The Kier molecular flexibility index (Phi) is 5.07. The molecule has 2 aliphatic heterocycles. The fraction of sp³-hybridized carbons (Fsp3) is 0.562. The van der Waals surface area contributed by atoms with E-state index >= 15 is 0 Å². The fourth-order valence-electron chi connectivity index (χ4n) is 2.85. The number of hydrogen-bond acceptors (Lipinski definition) is 5. The number of morpholine rings is 1. The van der Waals surface area contributed by atoms with Crippen LogP contribution in [0.1, 0.15) is 25.7 Å². The molecule has 1 aromatic rings. The fourth-order valence-corrected chi connectivity index (χ4v) is 2.85. The van der Waals surface area contributed by atoms with E-state index in [9.17, 15) is 9.59 Å². The highest BCUT2D eigenvalue weighted by Gasteiger charge is 2.23. The molecule has 7 nitrogen and oxygen atoms in total. The summed E-state index contributed by atoms with van der Waals surface area (Å²) in [4.78, 5) is 30.3. The first-order valence-corrected chi connectivity index (χ1v) is 8.11. The first-order chi connectivity index (χ1) is 11.2. The van der Waals surface area contributed by atoms with Crippen LogP contribution in [0.2, 0.25) is 0 Å². The van der Waals surface area contributed by atoms with Crippen LogP contribution in [0.4, 0.5) is 11.5 Å². The van der Waals surface area contributed by atoms with Crippen LogP contribution in [-0.2, 0) is 14.3 Å². The maximum absolute atomic E-state index is 12.3. The largest absolute Gasteiger partial charge is 0.378 e. The molecule has 0 aromatic carbocycles. The van der Waals surface area contributed by atoms with E-state index in [1.54, 1.807) is 12.3 Å². The van der Waals surface area contributed by atoms with E-state index in [1.165, 1.54) is 0 Å². The molecule has 0 saturated carbocycles. The molecule has 0 spiro atoms. The number of nitrogens with zero attached hydrogens (tertiary/aromatic N) is 2. The van der Waals surface area contributed by atoms with Gasteiger partial charge in [-0.1, -0.05) is 6.42 Å². The number of ether oxygens (including phenoxy) is 1. The number of amides is 2. The molecule has 2 fully saturated rings. The predicted molar refractivity (Wildman–Crippen MR) is 86.3 cm³/mol. The third-order valence-electron chi connectivity index (χ3n) is 4.17. The Morgan fingerprint density at radius 1 is 1.30 bits per heavy atom. The number of carbonyl (C=O) groups excluding carboxylic acids is 2. The Bertz CT molecular complexity index is 555. The van der Waals surface area contributed by atoms with Crippen LogP contribution in [0.5, 0.6) is 0 Å². The summed E-state index contributed by atoms with van der Waals surface area (Å²) in [6, 6.07) is 3.27. The smallest absolute Gasteiger partial charge is 0.248 e. The number of hydrogen-bond donors (Lipinski definition) is 2. The van der Waals surface area contributed by atoms with Crippen molar-refractivity contribution in [1.82, 2.24) is 10.3 Å². The van der Waals surface area contributed by atoms with Crippen molar-refractivity contribution in [2.75, 3.05) is 36.5 Å². The van der Waals surface area contributed by atoms with Gasteiger partial charge in [0.2, 0.25) is 11.8 Å². The van der Waals surface area contributed by atoms with Crippen molar-refractivity contribution in [2.24, 2.45) is 0 Å². The minimum atomic E-state index is -0.467. The summed E-state index contributed by atoms with van der Waals surface area (Å²) in [5.74, 6) is 0.246. The van der Waals surface area contributed by atoms with E-state index in [0.29, 0.717) is 18.7 Å². The van der Waals surface area contributed by atoms with Crippen LogP contribution in [0.25, 0.3) is 0 Å². The summed E-state index contributed by atoms with van der Waals surface area (Å²) in [6.45, 7) is 3.14. The zero-order valence-electron chi connectivity index (χ0n) is 13.1. The van der Waals surface area contributed by atoms with Crippen molar-refractivity contribution in [3.8, 4) is 0 Å². The van der Waals surface area contributed by atoms with Gasteiger partial charge in [0.25, 0.3) is 0 Å². The maximum Gasteiger partial charge on any atom is 0.248 e. The summed E-state index contributed by atoms with van der Waals surface area (Å²) < 4.78 is 5.33. The second kappa shape index (κ2) is 7.41. The second-order valence-corrected chi connectivity index (χ2v) is 5.86. The van der Waals surface area contributed by atoms with E-state index in [4.69, 9.17) is 4.74 Å². The highest BCUT2D eigenvalue weighted by Crippen LogP contribution is 2.17. The molecule has 2 amide bonds. The lowest BCUT2D eigenvalue weighted by atomic mass is 10.1. The Balaban J connectivity index is 1.58. The van der Waals surface area contributed by atoms with Gasteiger partial charge in [-0.2, -0.15) is 0 Å². The molecule has 2 saturated heterocycles. The first-order valence-electron chi connectivity index (χ1n) is 8.11. The Morgan fingerprint density at radius 3 is 2.87 bits per heavy atom. The van der Waals surface area contributed by atoms with Gasteiger partial charge >= 0.3 is 0 Å². The third kappa shape index (κ3) is 4.19. The molecule has 0 bridgehead atoms. The molecule has 2 aliphatic rings. The molecule has 3 rings (SSSR count). The molecule has 3 heterocycles. The third-order valence-corrected chi connectivity index (χ3v) is 4.17. The van der Waals surface area contributed by atoms with Gasteiger partial charge in [0.1, 0.15) is 11.9 Å². The highest BCUT2D eigenvalue weighted by molar-refractivity contribution is 5.96. The zero-order valence-corrected chi connectivity index (χ0v) is 13.1. The van der Waals surface area contributed by atoms with Crippen LogP contribution in [0.3, 0.4) is 0 Å². The molecule has 0 radical (unpaired) electrons. The van der Waals surface area contributed by atoms with Crippen LogP contribution in [0, 0.1) is 0 Å². The van der Waals surface area contributed by atoms with Crippen LogP contribution < -0.4 is 15.5 Å². The monoisotopic (exact) mass is 318 g/mol. The van der Waals surface area contributed by atoms with Crippen LogP contribution in [-0.4, -0.2) is 49.1 Å². The van der Waals surface area contributed by atoms with Gasteiger partial charge in [-0.05, 0) is 25.0 Å². The Morgan fingerprint density at radius 2 is 2.13 bits per heavy atom. The van der Waals surface area contributed by atoms with Crippen molar-refractivity contribution in [3.05, 3.63) is 18.3 Å². The van der Waals surface area contributed by atoms with Crippen molar-refractivity contribution < 1.29 is 14.3 Å². The van der Waals surface area contributed by atoms with E-state index in [0.717, 1.165) is 44.8 Å². The van der Waals surface area contributed by atoms with Gasteiger partial charge in [0.15, 0.2) is 0 Å². The van der Waals surface area contributed by atoms with Crippen molar-refractivity contribution in [3.63, 3.8) is 0 Å². The molecule has 0 aliphatic carbocycles. The summed E-state index contributed by atoms with van der Waals surface area (Å²) in [5.41, 5.74) is 1.02. The van der Waals surface area contributed by atoms with Gasteiger partial charge in [-0.25, -0.2) is 4.98 Å². The SMILES string of the molecule is O=C1CCCCC(C(=O)Nc2ccc(N3CCOCC3)cn2)N1. The van der Waals surface area contributed by atoms with Crippen molar-refractivity contribution in [2.45, 2.75) is 31.7 Å². The van der Waals surface area contributed by atoms with Crippen molar-refractivity contribution in [1.29, 1.82) is 0 Å². The number of pyridine rings is 1. The quantitative estimate of drug-likeness (QED) is 0.866. The number of anilines is 2. The van der Waals surface area contributed by atoms with E-state index in [1.807, 2.05) is 6.07 Å². The van der Waals surface area contributed by atoms with Crippen molar-refractivity contribution >= 4 is 23.3 Å². The molecule has 1 atom stereocenters. The molecular formula is C16H22N4O3. The molecule has 124 valence electrons. The van der Waals surface area contributed by atoms with E-state index in [-0.39, 0.29) is 11.8 Å². The summed E-state index contributed by atoms with van der Waals surface area (Å²) >= 11 is 0. The maximum atomic E-state index is 12.3. The lowest BCUT2D eigenvalue weighted by Gasteiger charge is -2.28. The minimum absolute atomic E-state index is 0.0572. The van der Waals surface area contributed by atoms with Gasteiger partial charge in [0, 0.05) is 19.5 Å². The first kappa shape index (κ1) is 15.7. The highest BCUT2D eigenvalue weighted by atomic mass is 16.5. The number of rotatable bonds is 3. The van der Waals surface area contributed by atoms with Gasteiger partial charge < -0.3 is 20.3 Å². The Labute approximate surface area is 135 Å². The summed E-state index contributed by atoms with van der Waals surface area (Å²) in [6.07, 6.45) is 4.63. The number of carbonyl (C=O) groups is 2. The average molecular weight is 318 g/mol. The molecular weight excluding hydrogens is 296 g/mol. The number of nitrogens with one attached hydrogen (secondary N) is 2. The average Bonchev–Trinajstić information content (AvgIpc) is 2.81. The summed E-state index contributed by atoms with van der Waals surface area (Å²) in [7, 11) is 0. The zero-order chi connectivity index (χ0) is 16.1. The molecule has 1 aromatic heterocycles. The topological polar surface area (TPSA) is 83.6 Å².